The van der Waals surface area contributed by atoms with Gasteiger partial charge in [0.15, 0.2) is 0 Å². The molecular formula is C21H23N3O3. The predicted molar refractivity (Wildman–Crippen MR) is 103 cm³/mol. The summed E-state index contributed by atoms with van der Waals surface area (Å²) < 4.78 is 6.39. The molecule has 1 aliphatic heterocycles. The molecule has 0 aliphatic carbocycles. The molecule has 1 aliphatic rings. The molecular weight excluding hydrogens is 342 g/mol. The van der Waals surface area contributed by atoms with E-state index in [2.05, 4.69) is 27.4 Å². The van der Waals surface area contributed by atoms with Crippen molar-refractivity contribution in [1.29, 1.82) is 0 Å². The molecule has 3 aromatic rings. The van der Waals surface area contributed by atoms with Gasteiger partial charge in [0.05, 0.1) is 17.7 Å². The first-order valence-electron chi connectivity index (χ1n) is 9.22. The van der Waals surface area contributed by atoms with Gasteiger partial charge >= 0.3 is 0 Å². The Morgan fingerprint density at radius 1 is 1.33 bits per heavy atom. The van der Waals surface area contributed by atoms with Crippen molar-refractivity contribution in [3.63, 3.8) is 0 Å². The topological polar surface area (TPSA) is 87.2 Å². The lowest BCUT2D eigenvalue weighted by Gasteiger charge is -2.29. The van der Waals surface area contributed by atoms with E-state index in [4.69, 9.17) is 9.84 Å². The van der Waals surface area contributed by atoms with E-state index in [9.17, 15) is 4.79 Å². The van der Waals surface area contributed by atoms with Gasteiger partial charge in [-0.15, -0.1) is 0 Å². The van der Waals surface area contributed by atoms with E-state index in [0.29, 0.717) is 11.3 Å². The van der Waals surface area contributed by atoms with Gasteiger partial charge in [-0.05, 0) is 37.8 Å². The number of nitrogens with zero attached hydrogens (tertiary/aromatic N) is 1. The minimum absolute atomic E-state index is 0.0541. The van der Waals surface area contributed by atoms with Gasteiger partial charge in [-0.2, -0.15) is 0 Å². The highest BCUT2D eigenvalue weighted by Crippen LogP contribution is 2.42. The Kier molecular flexibility index (Phi) is 4.58. The second-order valence-corrected chi connectivity index (χ2v) is 6.89. The molecule has 0 saturated carbocycles. The van der Waals surface area contributed by atoms with E-state index in [1.54, 1.807) is 0 Å². The number of imidazole rings is 1. The fourth-order valence-electron chi connectivity index (χ4n) is 3.85. The van der Waals surface area contributed by atoms with Gasteiger partial charge in [0.1, 0.15) is 23.2 Å². The third-order valence-corrected chi connectivity index (χ3v) is 5.07. The number of aromatic nitrogens is 2. The molecule has 0 radical (unpaired) electrons. The van der Waals surface area contributed by atoms with Crippen LogP contribution in [0.4, 0.5) is 0 Å². The van der Waals surface area contributed by atoms with Gasteiger partial charge in [-0.1, -0.05) is 30.3 Å². The van der Waals surface area contributed by atoms with E-state index >= 15 is 0 Å². The Morgan fingerprint density at radius 2 is 2.11 bits per heavy atom. The number of aliphatic hydroxyl groups excluding tert-OH is 1. The van der Waals surface area contributed by atoms with Gasteiger partial charge in [0.25, 0.3) is 5.91 Å². The van der Waals surface area contributed by atoms with Crippen molar-refractivity contribution in [2.75, 3.05) is 13.2 Å². The highest BCUT2D eigenvalue weighted by molar-refractivity contribution is 6.04. The zero-order valence-corrected chi connectivity index (χ0v) is 15.5. The Hall–Kier alpha value is -2.86. The number of nitrogens with one attached hydrogen (secondary N) is 2. The number of carbonyl (C=O) groups excluding carboxylic acids is 1. The van der Waals surface area contributed by atoms with Crippen molar-refractivity contribution >= 4 is 16.9 Å². The Balaban J connectivity index is 1.85. The normalized spacial score (nSPS) is 16.0. The van der Waals surface area contributed by atoms with E-state index in [1.807, 2.05) is 32.0 Å². The van der Waals surface area contributed by atoms with Crippen LogP contribution in [-0.4, -0.2) is 34.1 Å². The highest BCUT2D eigenvalue weighted by Gasteiger charge is 2.30. The second-order valence-electron chi connectivity index (χ2n) is 6.89. The van der Waals surface area contributed by atoms with Crippen molar-refractivity contribution in [3.05, 3.63) is 58.4 Å². The zero-order chi connectivity index (χ0) is 19.0. The van der Waals surface area contributed by atoms with Crippen molar-refractivity contribution in [2.45, 2.75) is 32.8 Å². The van der Waals surface area contributed by atoms with E-state index in [-0.39, 0.29) is 25.2 Å². The summed E-state index contributed by atoms with van der Waals surface area (Å²) in [5.74, 6) is 1.31. The van der Waals surface area contributed by atoms with Crippen LogP contribution in [0.15, 0.2) is 30.3 Å². The first-order chi connectivity index (χ1) is 13.1. The molecule has 2 aromatic carbocycles. The molecule has 0 bridgehead atoms. The number of aryl methyl sites for hydroxylation is 2. The minimum atomic E-state index is -0.192. The average Bonchev–Trinajstić information content (AvgIpc) is 3.09. The van der Waals surface area contributed by atoms with Crippen molar-refractivity contribution < 1.29 is 14.6 Å². The number of benzene rings is 2. The molecule has 27 heavy (non-hydrogen) atoms. The molecule has 1 amide bonds. The summed E-state index contributed by atoms with van der Waals surface area (Å²) >= 11 is 0. The van der Waals surface area contributed by atoms with Crippen LogP contribution in [0.2, 0.25) is 0 Å². The van der Waals surface area contributed by atoms with Gasteiger partial charge in [-0.3, -0.25) is 4.79 Å². The highest BCUT2D eigenvalue weighted by atomic mass is 16.5. The molecule has 1 unspecified atom stereocenters. The maximum atomic E-state index is 12.8. The van der Waals surface area contributed by atoms with Gasteiger partial charge < -0.3 is 20.1 Å². The third kappa shape index (κ3) is 3.06. The van der Waals surface area contributed by atoms with Crippen LogP contribution in [0.25, 0.3) is 11.0 Å². The molecule has 1 atom stereocenters. The number of H-pyrrole nitrogens is 1. The Bertz CT molecular complexity index is 995. The molecule has 140 valence electrons. The van der Waals surface area contributed by atoms with Crippen LogP contribution in [0.5, 0.6) is 5.75 Å². The zero-order valence-electron chi connectivity index (χ0n) is 15.5. The number of hydrogen-bond acceptors (Lipinski definition) is 4. The van der Waals surface area contributed by atoms with Crippen LogP contribution in [0, 0.1) is 13.8 Å². The van der Waals surface area contributed by atoms with Crippen LogP contribution in [0.1, 0.15) is 45.4 Å². The maximum absolute atomic E-state index is 12.8. The van der Waals surface area contributed by atoms with Crippen LogP contribution in [0.3, 0.4) is 0 Å². The van der Waals surface area contributed by atoms with Gasteiger partial charge in [0.2, 0.25) is 0 Å². The molecule has 0 spiro atoms. The Morgan fingerprint density at radius 3 is 2.85 bits per heavy atom. The standard InChI is InChI=1S/C21H23N3O3/c1-12-17(21(26)22-10-11-25)15-8-9-16(14-6-4-3-5-7-14)27-20(15)19-18(12)23-13(2)24-19/h3-7,16,25H,8-11H2,1-2H3,(H,22,26)(H,23,24). The summed E-state index contributed by atoms with van der Waals surface area (Å²) in [5.41, 5.74) is 5.09. The first-order valence-corrected chi connectivity index (χ1v) is 9.22. The lowest BCUT2D eigenvalue weighted by molar-refractivity contribution is 0.0940. The number of ether oxygens (including phenoxy) is 1. The fourth-order valence-corrected chi connectivity index (χ4v) is 3.85. The van der Waals surface area contributed by atoms with Gasteiger partial charge in [0, 0.05) is 12.1 Å². The molecule has 4 rings (SSSR count). The Labute approximate surface area is 157 Å². The second kappa shape index (κ2) is 7.04. The SMILES string of the molecule is Cc1nc2c(C)c(C(=O)NCCO)c3c(c2[nH]1)OC(c1ccccc1)CC3. The maximum Gasteiger partial charge on any atom is 0.252 e. The van der Waals surface area contributed by atoms with Crippen LogP contribution >= 0.6 is 0 Å². The summed E-state index contributed by atoms with van der Waals surface area (Å²) in [4.78, 5) is 20.7. The number of aromatic amines is 1. The molecule has 0 fully saturated rings. The third-order valence-electron chi connectivity index (χ3n) is 5.07. The molecule has 3 N–H and O–H groups in total. The summed E-state index contributed by atoms with van der Waals surface area (Å²) in [6.45, 7) is 3.94. The van der Waals surface area contributed by atoms with Crippen LogP contribution in [-0.2, 0) is 6.42 Å². The predicted octanol–water partition coefficient (Wildman–Crippen LogP) is 2.97. The van der Waals surface area contributed by atoms with Crippen molar-refractivity contribution in [1.82, 2.24) is 15.3 Å². The number of aliphatic hydroxyl groups is 1. The molecule has 6 nitrogen and oxygen atoms in total. The van der Waals surface area contributed by atoms with Crippen molar-refractivity contribution in [2.24, 2.45) is 0 Å². The lowest BCUT2D eigenvalue weighted by Crippen LogP contribution is -2.29. The van der Waals surface area contributed by atoms with E-state index in [0.717, 1.165) is 46.4 Å². The number of carbonyl (C=O) groups is 1. The number of hydrogen-bond donors (Lipinski definition) is 3. The summed E-state index contributed by atoms with van der Waals surface area (Å²) in [6.07, 6.45) is 1.49. The molecule has 1 aromatic heterocycles. The number of fused-ring (bicyclic) bond motifs is 3. The van der Waals surface area contributed by atoms with Crippen molar-refractivity contribution in [3.8, 4) is 5.75 Å². The molecule has 0 saturated heterocycles. The summed E-state index contributed by atoms with van der Waals surface area (Å²) in [6, 6.07) is 10.1. The first kappa shape index (κ1) is 17.5. The van der Waals surface area contributed by atoms with E-state index < -0.39 is 0 Å². The van der Waals surface area contributed by atoms with Crippen LogP contribution < -0.4 is 10.1 Å². The quantitative estimate of drug-likeness (QED) is 0.663. The molecule has 6 heteroatoms. The number of amides is 1. The van der Waals surface area contributed by atoms with Gasteiger partial charge in [-0.25, -0.2) is 4.98 Å². The summed E-state index contributed by atoms with van der Waals surface area (Å²) in [7, 11) is 0. The fraction of sp³-hybridized carbons (Fsp3) is 0.333. The lowest BCUT2D eigenvalue weighted by atomic mass is 9.90. The monoisotopic (exact) mass is 365 g/mol. The number of rotatable bonds is 4. The molecule has 2 heterocycles. The van der Waals surface area contributed by atoms with E-state index in [1.165, 1.54) is 0 Å². The smallest absolute Gasteiger partial charge is 0.252 e. The largest absolute Gasteiger partial charge is 0.483 e. The average molecular weight is 365 g/mol. The summed E-state index contributed by atoms with van der Waals surface area (Å²) in [5, 5.41) is 11.8. The minimum Gasteiger partial charge on any atom is -0.483 e.